The first-order chi connectivity index (χ1) is 7.70. The number of nitrogens with one attached hydrogen (secondary N) is 1. The molecule has 0 bridgehead atoms. The van der Waals surface area contributed by atoms with Gasteiger partial charge in [0.25, 0.3) is 0 Å². The zero-order valence-corrected chi connectivity index (χ0v) is 6.29. The molecule has 0 radical (unpaired) electrons. The van der Waals surface area contributed by atoms with Crippen LogP contribution in [0, 0.1) is 0 Å². The standard InChI is InChI=1S/C9H8N2O.H2/c12-6-3-7-1-4-10-9-8(7)2-5-11-9;/h1-2,4-6H,3H2,(H,10,11);1H/i4T,5T;1+2T. The quantitative estimate of drug-likeness (QED) is 0.695. The highest BCUT2D eigenvalue weighted by molar-refractivity contribution is 5.81. The average molecular weight is 170 g/mol. The minimum Gasteiger partial charge on any atom is -0.346 e. The molecule has 3 heteroatoms. The third-order valence-electron chi connectivity index (χ3n) is 1.73. The Kier molecular flexibility index (Phi) is 1.02. The summed E-state index contributed by atoms with van der Waals surface area (Å²) in [5.41, 5.74) is 1.24. The van der Waals surface area contributed by atoms with Gasteiger partial charge >= 0.3 is 0 Å². The van der Waals surface area contributed by atoms with Gasteiger partial charge in [0.15, 0.2) is 0 Å². The lowest BCUT2D eigenvalue weighted by Gasteiger charge is -1.95. The Bertz CT molecular complexity index is 497. The monoisotopic (exact) mass is 170 g/mol. The zero-order chi connectivity index (χ0) is 12.1. The van der Waals surface area contributed by atoms with Gasteiger partial charge in [0, 0.05) is 27.1 Å². The van der Waals surface area contributed by atoms with Crippen LogP contribution in [0.2, 0.25) is 0 Å². The summed E-state index contributed by atoms with van der Waals surface area (Å²) in [6.45, 7) is 0. The van der Waals surface area contributed by atoms with Crippen molar-refractivity contribution in [3.8, 4) is 0 Å². The number of hydrogen-bond acceptors (Lipinski definition) is 2. The minimum atomic E-state index is 0.108. The van der Waals surface area contributed by atoms with Gasteiger partial charge in [-0.05, 0) is 17.7 Å². The second-order valence-corrected chi connectivity index (χ2v) is 2.46. The molecule has 2 heterocycles. The molecular formula is C9H10N2O. The minimum absolute atomic E-state index is 0.108. The van der Waals surface area contributed by atoms with Gasteiger partial charge in [-0.1, -0.05) is 0 Å². The Morgan fingerprint density at radius 1 is 1.83 bits per heavy atom. The van der Waals surface area contributed by atoms with Crippen molar-refractivity contribution in [2.45, 2.75) is 6.42 Å². The number of carbonyl (C=O) groups is 1. The number of aromatic amines is 1. The molecule has 62 valence electrons. The molecule has 2 aromatic heterocycles. The molecule has 2 rings (SSSR count). The summed E-state index contributed by atoms with van der Waals surface area (Å²) in [5.74, 6) is 0. The lowest BCUT2D eigenvalue weighted by Crippen LogP contribution is -1.87. The Morgan fingerprint density at radius 3 is 3.58 bits per heavy atom. The van der Waals surface area contributed by atoms with Crippen LogP contribution in [-0.4, -0.2) is 16.3 Å². The topological polar surface area (TPSA) is 45.8 Å². The predicted octanol–water partition coefficient (Wildman–Crippen LogP) is 1.55. The van der Waals surface area contributed by atoms with Gasteiger partial charge in [-0.3, -0.25) is 0 Å². The number of pyridine rings is 1. The number of aromatic nitrogens is 2. The molecule has 0 saturated heterocycles. The first kappa shape index (κ1) is 4.40. The van der Waals surface area contributed by atoms with E-state index in [1.807, 2.05) is 0 Å². The molecule has 2 aromatic rings. The van der Waals surface area contributed by atoms with E-state index >= 15 is 0 Å². The molecule has 0 aliphatic rings. The second-order valence-electron chi connectivity index (χ2n) is 2.46. The van der Waals surface area contributed by atoms with Gasteiger partial charge < -0.3 is 9.78 Å². The first-order valence-corrected chi connectivity index (χ1v) is 3.60. The van der Waals surface area contributed by atoms with Crippen molar-refractivity contribution >= 4 is 17.3 Å². The van der Waals surface area contributed by atoms with Gasteiger partial charge in [-0.15, -0.1) is 0 Å². The van der Waals surface area contributed by atoms with E-state index < -0.39 is 0 Å². The fourth-order valence-corrected chi connectivity index (χ4v) is 1.16. The molecule has 0 fully saturated rings. The van der Waals surface area contributed by atoms with Crippen LogP contribution in [0.4, 0.5) is 0 Å². The molecule has 0 amide bonds. The first-order valence-electron chi connectivity index (χ1n) is 5.60. The molecule has 0 saturated carbocycles. The lowest BCUT2D eigenvalue weighted by molar-refractivity contribution is -0.107. The van der Waals surface area contributed by atoms with Crippen molar-refractivity contribution in [2.75, 3.05) is 0 Å². The van der Waals surface area contributed by atoms with E-state index in [1.54, 1.807) is 12.1 Å². The van der Waals surface area contributed by atoms with E-state index in [9.17, 15) is 4.79 Å². The largest absolute Gasteiger partial charge is 0.346 e. The normalized spacial score (nSPS) is 13.3. The van der Waals surface area contributed by atoms with Crippen LogP contribution in [0.15, 0.2) is 24.5 Å². The van der Waals surface area contributed by atoms with E-state index in [0.29, 0.717) is 5.65 Å². The van der Waals surface area contributed by atoms with E-state index in [2.05, 4.69) is 9.97 Å². The summed E-state index contributed by atoms with van der Waals surface area (Å²) in [6.07, 6.45) is 1.38. The van der Waals surface area contributed by atoms with Crippen LogP contribution >= 0.6 is 0 Å². The molecule has 0 aliphatic heterocycles. The third kappa shape index (κ3) is 0.993. The van der Waals surface area contributed by atoms with E-state index in [-0.39, 0.29) is 18.8 Å². The average Bonchev–Trinajstić information content (AvgIpc) is 2.62. The maximum absolute atomic E-state index is 10.4. The SMILES string of the molecule is [3H][3H].[3H]c1cc(CC=O)c2cc([3H])[nH]c2n1. The summed E-state index contributed by atoms with van der Waals surface area (Å²) in [6, 6.07) is 3.16. The second kappa shape index (κ2) is 2.77. The number of aldehydes is 1. The van der Waals surface area contributed by atoms with Gasteiger partial charge in [0.2, 0.25) is 0 Å². The number of fused-ring (bicyclic) bond motifs is 1. The van der Waals surface area contributed by atoms with Gasteiger partial charge in [-0.25, -0.2) is 4.98 Å². The third-order valence-corrected chi connectivity index (χ3v) is 1.73. The van der Waals surface area contributed by atoms with Crippen LogP contribution in [0.1, 0.15) is 11.3 Å². The van der Waals surface area contributed by atoms with Crippen LogP contribution < -0.4 is 0 Å². The Balaban J connectivity index is 0.000000606. The van der Waals surface area contributed by atoms with Crippen molar-refractivity contribution in [1.82, 2.24) is 9.97 Å². The van der Waals surface area contributed by atoms with Crippen LogP contribution in [0.25, 0.3) is 11.0 Å². The number of hydrogen-bond donors (Lipinski definition) is 1. The van der Waals surface area contributed by atoms with E-state index in [1.165, 1.54) is 0 Å². The predicted molar refractivity (Wildman–Crippen MR) is 48.0 cm³/mol. The highest BCUT2D eigenvalue weighted by Crippen LogP contribution is 2.14. The number of H-pyrrole nitrogens is 1. The smallest absolute Gasteiger partial charge is 0.137 e. The van der Waals surface area contributed by atoms with Crippen LogP contribution in [0.5, 0.6) is 0 Å². The summed E-state index contributed by atoms with van der Waals surface area (Å²) in [4.78, 5) is 17.0. The summed E-state index contributed by atoms with van der Waals surface area (Å²) in [5, 5.41) is 0.748. The number of nitrogens with zero attached hydrogens (tertiary/aromatic N) is 1. The van der Waals surface area contributed by atoms with Crippen molar-refractivity contribution < 1.29 is 10.5 Å². The van der Waals surface area contributed by atoms with E-state index in [0.717, 1.165) is 17.2 Å². The number of carbonyl (C=O) groups excluding carboxylic acids is 1. The van der Waals surface area contributed by atoms with E-state index in [4.69, 9.17) is 5.71 Å². The lowest BCUT2D eigenvalue weighted by atomic mass is 10.1. The molecule has 0 aliphatic carbocycles. The van der Waals surface area contributed by atoms with Crippen molar-refractivity contribution in [3.63, 3.8) is 0 Å². The number of rotatable bonds is 2. The molecule has 12 heavy (non-hydrogen) atoms. The fourth-order valence-electron chi connectivity index (χ4n) is 1.16. The molecule has 0 atom stereocenters. The molecular weight excluding hydrogens is 152 g/mol. The van der Waals surface area contributed by atoms with Gasteiger partial charge in [0.05, 0.1) is 2.74 Å². The highest BCUT2D eigenvalue weighted by Gasteiger charge is 2.00. The molecule has 3 nitrogen and oxygen atoms in total. The van der Waals surface area contributed by atoms with Crippen molar-refractivity contribution in [1.29, 1.82) is 0 Å². The molecule has 0 unspecified atom stereocenters. The summed E-state index contributed by atoms with van der Waals surface area (Å²) < 4.78 is 24.8. The van der Waals surface area contributed by atoms with Gasteiger partial charge in [-0.2, -0.15) is 0 Å². The van der Waals surface area contributed by atoms with Crippen molar-refractivity contribution in [3.05, 3.63) is 30.0 Å². The fraction of sp³-hybridized carbons (Fsp3) is 0.111. The van der Waals surface area contributed by atoms with Crippen molar-refractivity contribution in [2.24, 2.45) is 0 Å². The molecule has 0 spiro atoms. The summed E-state index contributed by atoms with van der Waals surface area (Å²) in [7, 11) is 0. The Labute approximate surface area is 75.3 Å². The molecule has 0 aromatic carbocycles. The van der Waals surface area contributed by atoms with Crippen LogP contribution in [-0.2, 0) is 11.2 Å². The maximum Gasteiger partial charge on any atom is 0.137 e. The zero-order valence-electron chi connectivity index (χ0n) is 10.3. The maximum atomic E-state index is 10.4. The molecule has 1 N–H and O–H groups in total. The Hall–Kier alpha value is -1.64. The highest BCUT2D eigenvalue weighted by atomic mass is 16.1. The van der Waals surface area contributed by atoms with Crippen LogP contribution in [0.3, 0.4) is 0 Å². The van der Waals surface area contributed by atoms with Gasteiger partial charge in [0.1, 0.15) is 11.9 Å². The Morgan fingerprint density at radius 2 is 2.75 bits per heavy atom. The summed E-state index contributed by atoms with van der Waals surface area (Å²) >= 11 is 0.